The number of rotatable bonds is 4. The number of hydrogen-bond donors (Lipinski definition) is 2. The lowest BCUT2D eigenvalue weighted by Crippen LogP contribution is -2.48. The molecule has 1 amide bonds. The predicted octanol–water partition coefficient (Wildman–Crippen LogP) is 2.02. The molecule has 1 saturated heterocycles. The summed E-state index contributed by atoms with van der Waals surface area (Å²) >= 11 is 1.64. The second-order valence-corrected chi connectivity index (χ2v) is 6.26. The smallest absolute Gasteiger partial charge is 0.238 e. The van der Waals surface area contributed by atoms with Crippen LogP contribution in [0.1, 0.15) is 13.3 Å². The minimum absolute atomic E-state index is 0.0502. The van der Waals surface area contributed by atoms with E-state index < -0.39 is 0 Å². The Labute approximate surface area is 125 Å². The van der Waals surface area contributed by atoms with Gasteiger partial charge in [-0.15, -0.1) is 11.8 Å². The van der Waals surface area contributed by atoms with Gasteiger partial charge in [0.05, 0.1) is 12.2 Å². The van der Waals surface area contributed by atoms with Gasteiger partial charge in [-0.1, -0.05) is 19.1 Å². The molecule has 4 nitrogen and oxygen atoms in total. The van der Waals surface area contributed by atoms with Crippen LogP contribution in [0.25, 0.3) is 0 Å². The number of amides is 1. The van der Waals surface area contributed by atoms with Crippen LogP contribution in [0, 0.1) is 5.92 Å². The second kappa shape index (κ2) is 7.11. The van der Waals surface area contributed by atoms with Crippen LogP contribution in [0.3, 0.4) is 0 Å². The highest BCUT2D eigenvalue weighted by molar-refractivity contribution is 7.98. The molecule has 1 aliphatic heterocycles. The molecule has 1 aromatic carbocycles. The number of nitrogens with zero attached hydrogens (tertiary/aromatic N) is 1. The third-order valence-corrected chi connectivity index (χ3v) is 4.60. The van der Waals surface area contributed by atoms with Gasteiger partial charge in [0.25, 0.3) is 0 Å². The van der Waals surface area contributed by atoms with E-state index in [2.05, 4.69) is 17.1 Å². The first-order valence-electron chi connectivity index (χ1n) is 7.01. The van der Waals surface area contributed by atoms with Crippen molar-refractivity contribution in [1.82, 2.24) is 4.90 Å². The van der Waals surface area contributed by atoms with Gasteiger partial charge >= 0.3 is 0 Å². The molecule has 110 valence electrons. The second-order valence-electron chi connectivity index (χ2n) is 5.41. The first-order valence-corrected chi connectivity index (χ1v) is 8.23. The molecule has 0 spiro atoms. The fourth-order valence-corrected chi connectivity index (χ4v) is 3.09. The molecule has 0 bridgehead atoms. The zero-order valence-corrected chi connectivity index (χ0v) is 13.0. The van der Waals surface area contributed by atoms with Crippen LogP contribution >= 0.6 is 11.8 Å². The van der Waals surface area contributed by atoms with Crippen molar-refractivity contribution in [3.05, 3.63) is 24.3 Å². The van der Waals surface area contributed by atoms with Crippen molar-refractivity contribution < 1.29 is 4.79 Å². The van der Waals surface area contributed by atoms with Crippen LogP contribution < -0.4 is 11.1 Å². The van der Waals surface area contributed by atoms with Crippen molar-refractivity contribution in [2.24, 2.45) is 11.7 Å². The summed E-state index contributed by atoms with van der Waals surface area (Å²) in [7, 11) is 0. The van der Waals surface area contributed by atoms with Crippen molar-refractivity contribution in [3.8, 4) is 0 Å². The van der Waals surface area contributed by atoms with Crippen LogP contribution in [0.15, 0.2) is 29.2 Å². The molecule has 1 heterocycles. The number of piperidine rings is 1. The number of carbonyl (C=O) groups is 1. The molecule has 0 saturated carbocycles. The molecule has 1 fully saturated rings. The fourth-order valence-electron chi connectivity index (χ4n) is 2.53. The third kappa shape index (κ3) is 3.98. The quantitative estimate of drug-likeness (QED) is 0.834. The van der Waals surface area contributed by atoms with Crippen LogP contribution in [0.5, 0.6) is 0 Å². The zero-order chi connectivity index (χ0) is 14.5. The molecule has 1 aromatic rings. The van der Waals surface area contributed by atoms with Gasteiger partial charge < -0.3 is 11.1 Å². The highest BCUT2D eigenvalue weighted by atomic mass is 32.2. The molecule has 20 heavy (non-hydrogen) atoms. The minimum Gasteiger partial charge on any atom is -0.327 e. The summed E-state index contributed by atoms with van der Waals surface area (Å²) in [6.07, 6.45) is 2.98. The fraction of sp³-hybridized carbons (Fsp3) is 0.533. The standard InChI is InChI=1S/C15H23N3OS/c1-11-9-18(8-7-12(11)16)10-15(19)17-13-5-3-4-6-14(13)20-2/h3-6,11-12H,7-10,16H2,1-2H3,(H,17,19). The Morgan fingerprint density at radius 3 is 2.95 bits per heavy atom. The first-order chi connectivity index (χ1) is 9.60. The summed E-state index contributed by atoms with van der Waals surface area (Å²) in [5, 5.41) is 3.00. The number of carbonyl (C=O) groups excluding carboxylic acids is 1. The summed E-state index contributed by atoms with van der Waals surface area (Å²) in [5.41, 5.74) is 6.90. The zero-order valence-electron chi connectivity index (χ0n) is 12.1. The number of thioether (sulfide) groups is 1. The Kier molecular flexibility index (Phi) is 5.46. The summed E-state index contributed by atoms with van der Waals surface area (Å²) in [4.78, 5) is 15.4. The van der Waals surface area contributed by atoms with Gasteiger partial charge in [-0.25, -0.2) is 0 Å². The van der Waals surface area contributed by atoms with Crippen molar-refractivity contribution in [2.75, 3.05) is 31.2 Å². The Balaban J connectivity index is 1.89. The number of nitrogens with one attached hydrogen (secondary N) is 1. The Hall–Kier alpha value is -1.04. The van der Waals surface area contributed by atoms with E-state index in [1.54, 1.807) is 11.8 Å². The van der Waals surface area contributed by atoms with Crippen LogP contribution in [-0.4, -0.2) is 42.7 Å². The maximum absolute atomic E-state index is 12.1. The van der Waals surface area contributed by atoms with Crippen LogP contribution in [0.4, 0.5) is 5.69 Å². The molecular weight excluding hydrogens is 270 g/mol. The predicted molar refractivity (Wildman–Crippen MR) is 85.0 cm³/mol. The molecule has 0 aromatic heterocycles. The maximum Gasteiger partial charge on any atom is 0.238 e. The van der Waals surface area contributed by atoms with E-state index in [1.807, 2.05) is 30.5 Å². The Morgan fingerprint density at radius 1 is 1.50 bits per heavy atom. The van der Waals surface area contributed by atoms with E-state index in [4.69, 9.17) is 5.73 Å². The van der Waals surface area contributed by atoms with Gasteiger partial charge in [-0.3, -0.25) is 9.69 Å². The van der Waals surface area contributed by atoms with Crippen molar-refractivity contribution in [3.63, 3.8) is 0 Å². The van der Waals surface area contributed by atoms with Gasteiger partial charge in [-0.05, 0) is 30.7 Å². The number of hydrogen-bond acceptors (Lipinski definition) is 4. The van der Waals surface area contributed by atoms with Gasteiger partial charge in [-0.2, -0.15) is 0 Å². The molecule has 2 unspecified atom stereocenters. The minimum atomic E-state index is 0.0502. The van der Waals surface area contributed by atoms with Gasteiger partial charge in [0.2, 0.25) is 5.91 Å². The number of likely N-dealkylation sites (tertiary alicyclic amines) is 1. The average Bonchev–Trinajstić information content (AvgIpc) is 2.43. The normalized spacial score (nSPS) is 23.6. The molecule has 0 aliphatic carbocycles. The van der Waals surface area contributed by atoms with Crippen molar-refractivity contribution in [2.45, 2.75) is 24.3 Å². The largest absolute Gasteiger partial charge is 0.327 e. The molecule has 0 radical (unpaired) electrons. The third-order valence-electron chi connectivity index (χ3n) is 3.80. The molecule has 3 N–H and O–H groups in total. The summed E-state index contributed by atoms with van der Waals surface area (Å²) < 4.78 is 0. The van der Waals surface area contributed by atoms with E-state index >= 15 is 0 Å². The SMILES string of the molecule is CSc1ccccc1NC(=O)CN1CCC(N)C(C)C1. The van der Waals surface area contributed by atoms with Crippen molar-refractivity contribution in [1.29, 1.82) is 0 Å². The molecule has 2 rings (SSSR count). The van der Waals surface area contributed by atoms with Gasteiger partial charge in [0.15, 0.2) is 0 Å². The number of benzene rings is 1. The Bertz CT molecular complexity index is 466. The number of para-hydroxylation sites is 1. The highest BCUT2D eigenvalue weighted by Crippen LogP contribution is 2.24. The summed E-state index contributed by atoms with van der Waals surface area (Å²) in [5.74, 6) is 0.504. The molecular formula is C15H23N3OS. The van der Waals surface area contributed by atoms with E-state index in [1.165, 1.54) is 0 Å². The lowest BCUT2D eigenvalue weighted by molar-refractivity contribution is -0.117. The lowest BCUT2D eigenvalue weighted by atomic mass is 9.95. The Morgan fingerprint density at radius 2 is 2.25 bits per heavy atom. The molecule has 1 aliphatic rings. The highest BCUT2D eigenvalue weighted by Gasteiger charge is 2.24. The topological polar surface area (TPSA) is 58.4 Å². The van der Waals surface area contributed by atoms with E-state index in [9.17, 15) is 4.79 Å². The molecule has 2 atom stereocenters. The maximum atomic E-state index is 12.1. The average molecular weight is 293 g/mol. The molecule has 5 heteroatoms. The van der Waals surface area contributed by atoms with E-state index in [-0.39, 0.29) is 11.9 Å². The van der Waals surface area contributed by atoms with Crippen LogP contribution in [-0.2, 0) is 4.79 Å². The van der Waals surface area contributed by atoms with Gasteiger partial charge in [0, 0.05) is 24.0 Å². The number of nitrogens with two attached hydrogens (primary N) is 1. The van der Waals surface area contributed by atoms with E-state index in [0.717, 1.165) is 30.1 Å². The van der Waals surface area contributed by atoms with Crippen LogP contribution in [0.2, 0.25) is 0 Å². The van der Waals surface area contributed by atoms with Crippen molar-refractivity contribution >= 4 is 23.4 Å². The first kappa shape index (κ1) is 15.4. The number of anilines is 1. The summed E-state index contributed by atoms with van der Waals surface area (Å²) in [6, 6.07) is 8.15. The summed E-state index contributed by atoms with van der Waals surface area (Å²) in [6.45, 7) is 4.40. The van der Waals surface area contributed by atoms with E-state index in [0.29, 0.717) is 12.5 Å². The monoisotopic (exact) mass is 293 g/mol. The van der Waals surface area contributed by atoms with Gasteiger partial charge in [0.1, 0.15) is 0 Å². The lowest BCUT2D eigenvalue weighted by Gasteiger charge is -2.34.